The minimum Gasteiger partial charge on any atom is -0.493 e. The predicted molar refractivity (Wildman–Crippen MR) is 117 cm³/mol. The van der Waals surface area contributed by atoms with Crippen LogP contribution >= 0.6 is 31.9 Å². The maximum absolute atomic E-state index is 6.00. The average Bonchev–Trinajstić information content (AvgIpc) is 2.67. The molecule has 0 unspecified atom stereocenters. The molecule has 2 rings (SSSR count). The van der Waals surface area contributed by atoms with Gasteiger partial charge in [-0.1, -0.05) is 57.0 Å². The number of halogens is 2. The molecule has 0 heterocycles. The lowest BCUT2D eigenvalue weighted by Crippen LogP contribution is -2.34. The van der Waals surface area contributed by atoms with Crippen molar-refractivity contribution in [3.63, 3.8) is 0 Å². The van der Waals surface area contributed by atoms with Crippen molar-refractivity contribution in [2.75, 3.05) is 27.9 Å². The highest BCUT2D eigenvalue weighted by molar-refractivity contribution is 9.10. The highest BCUT2D eigenvalue weighted by Gasteiger charge is 2.17. The van der Waals surface area contributed by atoms with E-state index in [0.717, 1.165) is 44.5 Å². The third-order valence-corrected chi connectivity index (χ3v) is 6.10. The van der Waals surface area contributed by atoms with Gasteiger partial charge in [0.15, 0.2) is 11.5 Å². The van der Waals surface area contributed by atoms with E-state index < -0.39 is 0 Å². The Morgan fingerprint density at radius 2 is 1.63 bits per heavy atom. The molecule has 2 aromatic carbocycles. The summed E-state index contributed by atoms with van der Waals surface area (Å²) in [4.78, 5) is 2.31. The summed E-state index contributed by atoms with van der Waals surface area (Å²) in [5, 5.41) is 0. The molecule has 0 saturated carbocycles. The molecular weight excluding hydrogens is 474 g/mol. The molecule has 0 bridgehead atoms. The van der Waals surface area contributed by atoms with E-state index in [1.54, 1.807) is 14.2 Å². The lowest BCUT2D eigenvalue weighted by atomic mass is 10.1. The maximum atomic E-state index is 6.00. The normalized spacial score (nSPS) is 12.3. The number of benzene rings is 2. The van der Waals surface area contributed by atoms with E-state index in [-0.39, 0.29) is 0 Å². The zero-order chi connectivity index (χ0) is 19.8. The highest BCUT2D eigenvalue weighted by Crippen LogP contribution is 2.34. The first kappa shape index (κ1) is 22.2. The van der Waals surface area contributed by atoms with E-state index in [4.69, 9.17) is 14.2 Å². The summed E-state index contributed by atoms with van der Waals surface area (Å²) in [7, 11) is 5.42. The number of hydrogen-bond acceptors (Lipinski definition) is 4. The van der Waals surface area contributed by atoms with Gasteiger partial charge in [0, 0.05) is 21.5 Å². The molecule has 1 atom stereocenters. The van der Waals surface area contributed by atoms with Gasteiger partial charge in [0.25, 0.3) is 0 Å². The number of nitrogens with zero attached hydrogens (tertiary/aromatic N) is 1. The Kier molecular flexibility index (Phi) is 9.09. The van der Waals surface area contributed by atoms with Crippen LogP contribution in [-0.4, -0.2) is 38.8 Å². The summed E-state index contributed by atoms with van der Waals surface area (Å²) in [6.07, 6.45) is 1.01. The third-order valence-electron chi connectivity index (χ3n) is 4.59. The van der Waals surface area contributed by atoms with Gasteiger partial charge < -0.3 is 14.2 Å². The van der Waals surface area contributed by atoms with E-state index in [1.807, 2.05) is 30.3 Å². The monoisotopic (exact) mass is 499 g/mol. The van der Waals surface area contributed by atoms with Gasteiger partial charge >= 0.3 is 0 Å². The number of likely N-dealkylation sites (N-methyl/N-ethyl adjacent to an activating group) is 1. The van der Waals surface area contributed by atoms with Gasteiger partial charge in [0.2, 0.25) is 0 Å². The molecule has 0 amide bonds. The van der Waals surface area contributed by atoms with Crippen molar-refractivity contribution in [2.24, 2.45) is 0 Å². The number of rotatable bonds is 10. The molecule has 27 heavy (non-hydrogen) atoms. The quantitative estimate of drug-likeness (QED) is 0.421. The van der Waals surface area contributed by atoms with Gasteiger partial charge in [0.05, 0.1) is 27.4 Å². The largest absolute Gasteiger partial charge is 0.493 e. The van der Waals surface area contributed by atoms with Gasteiger partial charge in [0.1, 0.15) is 0 Å². The summed E-state index contributed by atoms with van der Waals surface area (Å²) in [5.74, 6) is 1.46. The molecule has 0 radical (unpaired) electrons. The Balaban J connectivity index is 1.98. The second-order valence-electron chi connectivity index (χ2n) is 6.38. The molecular formula is C21H27Br2NO3. The van der Waals surface area contributed by atoms with Crippen LogP contribution in [-0.2, 0) is 17.9 Å². The second kappa shape index (κ2) is 11.1. The van der Waals surface area contributed by atoms with Gasteiger partial charge in [-0.25, -0.2) is 0 Å². The average molecular weight is 501 g/mol. The molecule has 148 valence electrons. The fourth-order valence-electron chi connectivity index (χ4n) is 2.89. The number of ether oxygens (including phenoxy) is 3. The van der Waals surface area contributed by atoms with Gasteiger partial charge in [-0.3, -0.25) is 4.90 Å². The highest BCUT2D eigenvalue weighted by atomic mass is 79.9. The Morgan fingerprint density at radius 1 is 0.963 bits per heavy atom. The summed E-state index contributed by atoms with van der Waals surface area (Å²) in [6, 6.07) is 12.5. The summed E-state index contributed by atoms with van der Waals surface area (Å²) >= 11 is 7.21. The summed E-state index contributed by atoms with van der Waals surface area (Å²) in [5.41, 5.74) is 2.32. The molecule has 0 aliphatic carbocycles. The molecule has 0 aliphatic rings. The van der Waals surface area contributed by atoms with E-state index in [0.29, 0.717) is 19.3 Å². The molecule has 0 aliphatic heterocycles. The lowest BCUT2D eigenvalue weighted by molar-refractivity contribution is 0.0555. The zero-order valence-corrected chi connectivity index (χ0v) is 19.5. The van der Waals surface area contributed by atoms with E-state index in [1.165, 1.54) is 0 Å². The van der Waals surface area contributed by atoms with Gasteiger partial charge in [-0.15, -0.1) is 0 Å². The smallest absolute Gasteiger partial charge is 0.161 e. The van der Waals surface area contributed by atoms with Crippen molar-refractivity contribution in [1.29, 1.82) is 0 Å². The van der Waals surface area contributed by atoms with Crippen LogP contribution in [0.5, 0.6) is 11.5 Å². The molecule has 0 aromatic heterocycles. The van der Waals surface area contributed by atoms with E-state index in [9.17, 15) is 0 Å². The Labute approximate surface area is 179 Å². The van der Waals surface area contributed by atoms with Gasteiger partial charge in [-0.2, -0.15) is 0 Å². The van der Waals surface area contributed by atoms with E-state index in [2.05, 4.69) is 56.8 Å². The Morgan fingerprint density at radius 3 is 2.26 bits per heavy atom. The molecule has 2 aromatic rings. The zero-order valence-electron chi connectivity index (χ0n) is 16.3. The van der Waals surface area contributed by atoms with Crippen molar-refractivity contribution in [1.82, 2.24) is 4.90 Å². The second-order valence-corrected chi connectivity index (χ2v) is 8.09. The van der Waals surface area contributed by atoms with Crippen LogP contribution in [0.4, 0.5) is 0 Å². The number of methoxy groups -OCH3 is 2. The summed E-state index contributed by atoms with van der Waals surface area (Å²) in [6.45, 7) is 4.26. The van der Waals surface area contributed by atoms with Crippen LogP contribution in [0, 0.1) is 0 Å². The minimum absolute atomic E-state index is 0.326. The standard InChI is InChI=1S/C21H27Br2NO3/c1-5-17(14-27-13-15-8-6-7-9-18(15)22)24(2)12-16-10-20(25-3)21(26-4)11-19(16)23/h6-11,17H,5,12-14H2,1-4H3/t17-/m1/s1. The fraction of sp³-hybridized carbons (Fsp3) is 0.429. The molecule has 4 nitrogen and oxygen atoms in total. The topological polar surface area (TPSA) is 30.9 Å². The van der Waals surface area contributed by atoms with E-state index >= 15 is 0 Å². The van der Waals surface area contributed by atoms with Crippen molar-refractivity contribution in [3.05, 3.63) is 56.5 Å². The van der Waals surface area contributed by atoms with Crippen LogP contribution in [0.1, 0.15) is 24.5 Å². The van der Waals surface area contributed by atoms with Gasteiger partial charge in [-0.05, 0) is 42.8 Å². The molecule has 0 saturated heterocycles. The number of hydrogen-bond donors (Lipinski definition) is 0. The fourth-order valence-corrected chi connectivity index (χ4v) is 3.74. The van der Waals surface area contributed by atoms with Crippen molar-refractivity contribution in [3.8, 4) is 11.5 Å². The van der Waals surface area contributed by atoms with Crippen LogP contribution in [0.25, 0.3) is 0 Å². The summed E-state index contributed by atoms with van der Waals surface area (Å²) < 4.78 is 18.9. The van der Waals surface area contributed by atoms with Crippen LogP contribution < -0.4 is 9.47 Å². The molecule has 0 N–H and O–H groups in total. The predicted octanol–water partition coefficient (Wildman–Crippen LogP) is 5.66. The first-order valence-corrected chi connectivity index (χ1v) is 10.5. The van der Waals surface area contributed by atoms with Crippen LogP contribution in [0.15, 0.2) is 45.3 Å². The van der Waals surface area contributed by atoms with Crippen LogP contribution in [0.2, 0.25) is 0 Å². The Bertz CT molecular complexity index is 739. The lowest BCUT2D eigenvalue weighted by Gasteiger charge is -2.28. The first-order chi connectivity index (χ1) is 13.0. The minimum atomic E-state index is 0.326. The van der Waals surface area contributed by atoms with Crippen molar-refractivity contribution >= 4 is 31.9 Å². The Hall–Kier alpha value is -1.08. The molecule has 6 heteroatoms. The van der Waals surface area contributed by atoms with Crippen molar-refractivity contribution < 1.29 is 14.2 Å². The first-order valence-electron chi connectivity index (χ1n) is 8.91. The van der Waals surface area contributed by atoms with Crippen molar-refractivity contribution in [2.45, 2.75) is 32.5 Å². The molecule has 0 fully saturated rings. The van der Waals surface area contributed by atoms with Crippen LogP contribution in [0.3, 0.4) is 0 Å². The molecule has 0 spiro atoms. The maximum Gasteiger partial charge on any atom is 0.161 e. The third kappa shape index (κ3) is 6.21. The SMILES string of the molecule is CC[C@H](COCc1ccccc1Br)N(C)Cc1cc(OC)c(OC)cc1Br.